The van der Waals surface area contributed by atoms with Crippen molar-refractivity contribution >= 4 is 29.2 Å². The molecule has 15 unspecified atom stereocenters. The number of amides is 1. The number of ether oxygens (including phenoxy) is 4. The van der Waals surface area contributed by atoms with Gasteiger partial charge in [-0.1, -0.05) is 71.1 Å². The smallest absolute Gasteiger partial charge is 0.329 e. The topological polar surface area (TPSA) is 206 Å². The van der Waals surface area contributed by atoms with Crippen LogP contribution < -0.4 is 0 Å². The number of carbonyl (C=O) groups is 5. The molecule has 0 radical (unpaired) electrons. The number of nitrogens with zero attached hydrogens (tertiary/aromatic N) is 1. The third-order valence-electron chi connectivity index (χ3n) is 14.0. The van der Waals surface area contributed by atoms with E-state index in [4.69, 9.17) is 18.9 Å². The van der Waals surface area contributed by atoms with Gasteiger partial charge in [-0.15, -0.1) is 0 Å². The van der Waals surface area contributed by atoms with E-state index in [2.05, 4.69) is 0 Å². The number of hydrogen-bond acceptors (Lipinski definition) is 13. The Balaban J connectivity index is 1.67. The summed E-state index contributed by atoms with van der Waals surface area (Å²) in [5.41, 5.74) is 1.11. The average Bonchev–Trinajstić information content (AvgIpc) is 3.75. The van der Waals surface area contributed by atoms with Gasteiger partial charge in [0, 0.05) is 51.4 Å². The van der Waals surface area contributed by atoms with Crippen LogP contribution in [0.4, 0.5) is 0 Å². The lowest BCUT2D eigenvalue weighted by atomic mass is 9.78. The van der Waals surface area contributed by atoms with E-state index in [1.165, 1.54) is 6.08 Å². The number of allylic oxidation sites excluding steroid dienone is 6. The summed E-state index contributed by atoms with van der Waals surface area (Å²) in [6, 6.07) is -1.14. The number of carbonyl (C=O) groups excluding carboxylic acids is 5. The summed E-state index contributed by atoms with van der Waals surface area (Å²) in [6.45, 7) is 12.4. The average molecular weight is 886 g/mol. The zero-order valence-corrected chi connectivity index (χ0v) is 38.9. The summed E-state index contributed by atoms with van der Waals surface area (Å²) < 4.78 is 23.6. The molecule has 0 aromatic heterocycles. The molecule has 4 N–H and O–H groups in total. The van der Waals surface area contributed by atoms with E-state index >= 15 is 0 Å². The Morgan fingerprint density at radius 3 is 2.25 bits per heavy atom. The molecule has 0 spiro atoms. The first-order valence-corrected chi connectivity index (χ1v) is 23.0. The van der Waals surface area contributed by atoms with Crippen molar-refractivity contribution in [3.05, 3.63) is 47.6 Å². The number of aliphatic hydroxyl groups is 4. The van der Waals surface area contributed by atoms with Gasteiger partial charge >= 0.3 is 5.97 Å². The number of hydrogen-bond donors (Lipinski definition) is 4. The van der Waals surface area contributed by atoms with Crippen LogP contribution in [0.1, 0.15) is 119 Å². The zero-order chi connectivity index (χ0) is 46.8. The van der Waals surface area contributed by atoms with E-state index in [-0.39, 0.29) is 54.6 Å². The summed E-state index contributed by atoms with van der Waals surface area (Å²) in [5.74, 6) is -8.60. The van der Waals surface area contributed by atoms with Crippen molar-refractivity contribution in [2.45, 2.75) is 174 Å². The lowest BCUT2D eigenvalue weighted by Crippen LogP contribution is -2.59. The second kappa shape index (κ2) is 23.7. The molecule has 4 rings (SSSR count). The quantitative estimate of drug-likeness (QED) is 0.161. The van der Waals surface area contributed by atoms with E-state index in [0.29, 0.717) is 57.8 Å². The van der Waals surface area contributed by atoms with Crippen molar-refractivity contribution in [3.63, 3.8) is 0 Å². The van der Waals surface area contributed by atoms with Crippen LogP contribution in [0.3, 0.4) is 0 Å². The number of Topliss-reactive ketones (excluding diaryl/α,β-unsaturated/α-hetero) is 3. The SMILES string of the molecule is COC1CC2CCC(C)C(O)(O2)C(=O)C(=O)N2CCCC2C(=O)OC(C(C)CC2CCC(O)C(OC)C2)CC(=O)C(C)/C=C(/C)C(O)C(O)C(=O)C(C)CC(C)\C=C/C=C/C=C/1C. The number of esters is 1. The van der Waals surface area contributed by atoms with Gasteiger partial charge in [-0.3, -0.25) is 19.2 Å². The van der Waals surface area contributed by atoms with Crippen LogP contribution in [0.5, 0.6) is 0 Å². The summed E-state index contributed by atoms with van der Waals surface area (Å²) >= 11 is 0. The van der Waals surface area contributed by atoms with Crippen LogP contribution in [0.25, 0.3) is 0 Å². The maximum atomic E-state index is 14.2. The van der Waals surface area contributed by atoms with Crippen LogP contribution >= 0.6 is 0 Å². The number of rotatable bonds is 5. The molecule has 2 saturated heterocycles. The number of aliphatic hydroxyl groups excluding tert-OH is 3. The fraction of sp³-hybridized carbons (Fsp3) is 0.735. The van der Waals surface area contributed by atoms with Gasteiger partial charge in [0.1, 0.15) is 30.1 Å². The molecule has 2 bridgehead atoms. The molecule has 3 fully saturated rings. The van der Waals surface area contributed by atoms with Gasteiger partial charge in [0.25, 0.3) is 11.7 Å². The van der Waals surface area contributed by atoms with Crippen LogP contribution in [-0.4, -0.2) is 130 Å². The van der Waals surface area contributed by atoms with Crippen molar-refractivity contribution in [2.75, 3.05) is 20.8 Å². The highest BCUT2D eigenvalue weighted by Gasteiger charge is 2.53. The normalized spacial score (nSPS) is 41.1. The van der Waals surface area contributed by atoms with Crippen molar-refractivity contribution in [1.82, 2.24) is 4.90 Å². The molecule has 1 saturated carbocycles. The molecule has 3 heterocycles. The molecule has 1 aliphatic carbocycles. The first-order valence-electron chi connectivity index (χ1n) is 23.0. The minimum atomic E-state index is -2.43. The van der Waals surface area contributed by atoms with Crippen molar-refractivity contribution in [1.29, 1.82) is 0 Å². The molecule has 1 amide bonds. The van der Waals surface area contributed by atoms with E-state index < -0.39 is 89.6 Å². The Morgan fingerprint density at radius 2 is 1.57 bits per heavy atom. The lowest BCUT2D eigenvalue weighted by Gasteiger charge is -2.41. The van der Waals surface area contributed by atoms with Crippen LogP contribution in [0.2, 0.25) is 0 Å². The Hall–Kier alpha value is -3.37. The van der Waals surface area contributed by atoms with Crippen LogP contribution in [0.15, 0.2) is 47.6 Å². The van der Waals surface area contributed by atoms with E-state index in [1.807, 2.05) is 51.2 Å². The standard InChI is InChI=1S/C49H75NO13/c1-28-14-11-10-12-15-29(2)40(60-8)26-36-19-17-34(7)49(59,63-36)46(56)47(57)50-21-13-16-37(50)48(58)62-41(31(4)24-35-18-20-38(51)42(25-35)61-9)27-39(52)30(3)23-33(6)44(54)45(55)43(53)32(5)22-28/h10-12,14-15,23,28,30-32,34-38,40-42,44-45,51,54-55,59H,13,16-22,24-27H2,1-9H3/b12-10+,14-11-,29-15+,33-23-. The first kappa shape index (κ1) is 52.3. The van der Waals surface area contributed by atoms with Crippen LogP contribution in [0, 0.1) is 35.5 Å². The molecule has 0 aromatic rings. The predicted octanol–water partition coefficient (Wildman–Crippen LogP) is 5.14. The molecule has 4 aliphatic rings. The molecule has 14 nitrogen and oxygen atoms in total. The van der Waals surface area contributed by atoms with Gasteiger partial charge in [-0.2, -0.15) is 0 Å². The number of methoxy groups -OCH3 is 2. The predicted molar refractivity (Wildman–Crippen MR) is 236 cm³/mol. The van der Waals surface area contributed by atoms with Crippen molar-refractivity contribution in [2.24, 2.45) is 35.5 Å². The van der Waals surface area contributed by atoms with Gasteiger partial charge in [0.2, 0.25) is 5.79 Å². The van der Waals surface area contributed by atoms with Crippen molar-refractivity contribution in [3.8, 4) is 0 Å². The van der Waals surface area contributed by atoms with Crippen molar-refractivity contribution < 1.29 is 63.3 Å². The summed E-state index contributed by atoms with van der Waals surface area (Å²) in [5, 5.41) is 44.3. The highest BCUT2D eigenvalue weighted by atomic mass is 16.6. The Morgan fingerprint density at radius 1 is 0.857 bits per heavy atom. The fourth-order valence-electron chi connectivity index (χ4n) is 9.73. The Kier molecular flexibility index (Phi) is 19.7. The maximum absolute atomic E-state index is 14.2. The number of cyclic esters (lactones) is 1. The van der Waals surface area contributed by atoms with Gasteiger partial charge < -0.3 is 44.3 Å². The summed E-state index contributed by atoms with van der Waals surface area (Å²) in [7, 11) is 3.12. The second-order valence-corrected chi connectivity index (χ2v) is 19.0. The molecule has 14 heteroatoms. The van der Waals surface area contributed by atoms with E-state index in [9.17, 15) is 44.4 Å². The molecule has 3 aliphatic heterocycles. The Bertz CT molecular complexity index is 1720. The van der Waals surface area contributed by atoms with E-state index in [0.717, 1.165) is 10.5 Å². The lowest BCUT2D eigenvalue weighted by molar-refractivity contribution is -0.265. The van der Waals surface area contributed by atoms with Gasteiger partial charge in [0.05, 0.1) is 24.4 Å². The molecular weight excluding hydrogens is 811 g/mol. The third kappa shape index (κ3) is 13.6. The van der Waals surface area contributed by atoms with Gasteiger partial charge in [0.15, 0.2) is 5.78 Å². The zero-order valence-electron chi connectivity index (χ0n) is 38.9. The summed E-state index contributed by atoms with van der Waals surface area (Å²) in [4.78, 5) is 70.7. The minimum Gasteiger partial charge on any atom is -0.460 e. The Labute approximate surface area is 374 Å². The number of ketones is 3. The van der Waals surface area contributed by atoms with E-state index in [1.54, 1.807) is 41.9 Å². The molecule has 354 valence electrons. The van der Waals surface area contributed by atoms with Gasteiger partial charge in [-0.25, -0.2) is 4.79 Å². The summed E-state index contributed by atoms with van der Waals surface area (Å²) in [6.07, 6.45) is 9.14. The maximum Gasteiger partial charge on any atom is 0.329 e. The minimum absolute atomic E-state index is 0.0360. The van der Waals surface area contributed by atoms with Gasteiger partial charge in [-0.05, 0) is 101 Å². The highest BCUT2D eigenvalue weighted by Crippen LogP contribution is 2.38. The molecule has 63 heavy (non-hydrogen) atoms. The molecule has 15 atom stereocenters. The third-order valence-corrected chi connectivity index (χ3v) is 14.0. The van der Waals surface area contributed by atoms with Crippen LogP contribution in [-0.2, 0) is 42.9 Å². The number of fused-ring (bicyclic) bond motifs is 3. The first-order chi connectivity index (χ1) is 29.7. The largest absolute Gasteiger partial charge is 0.460 e. The highest BCUT2D eigenvalue weighted by molar-refractivity contribution is 6.39. The molecular formula is C49H75NO13. The molecule has 0 aromatic carbocycles. The fourth-order valence-corrected chi connectivity index (χ4v) is 9.73. The second-order valence-electron chi connectivity index (χ2n) is 19.0. The monoisotopic (exact) mass is 886 g/mol.